The molecule has 1 aliphatic carbocycles. The van der Waals surface area contributed by atoms with E-state index in [4.69, 9.17) is 23.2 Å². The maximum atomic E-state index is 12.4. The first kappa shape index (κ1) is 21.1. The van der Waals surface area contributed by atoms with Gasteiger partial charge in [-0.1, -0.05) is 48.5 Å². The van der Waals surface area contributed by atoms with Gasteiger partial charge < -0.3 is 10.4 Å². The van der Waals surface area contributed by atoms with Crippen molar-refractivity contribution in [3.63, 3.8) is 0 Å². The monoisotopic (exact) mass is 440 g/mol. The Morgan fingerprint density at radius 1 is 1.18 bits per heavy atom. The highest BCUT2D eigenvalue weighted by atomic mass is 35.5. The molecular weight excluding hydrogens is 419 g/mol. The number of halogens is 2. The highest BCUT2D eigenvalue weighted by Crippen LogP contribution is 2.39. The van der Waals surface area contributed by atoms with E-state index in [-0.39, 0.29) is 24.2 Å². The zero-order valence-corrected chi connectivity index (χ0v) is 17.7. The Hall–Kier alpha value is -1.63. The molecule has 1 aliphatic rings. The van der Waals surface area contributed by atoms with E-state index < -0.39 is 5.97 Å². The molecule has 8 heteroatoms. The number of carboxylic acids is 1. The summed E-state index contributed by atoms with van der Waals surface area (Å²) in [4.78, 5) is 28.2. The van der Waals surface area contributed by atoms with Crippen molar-refractivity contribution >= 4 is 46.4 Å². The molecule has 1 amide bonds. The average Bonchev–Trinajstić information content (AvgIpc) is 3.08. The lowest BCUT2D eigenvalue weighted by atomic mass is 9.71. The number of carbonyl (C=O) groups excluding carboxylic acids is 1. The minimum atomic E-state index is -0.808. The summed E-state index contributed by atoms with van der Waals surface area (Å²) < 4.78 is 0. The van der Waals surface area contributed by atoms with E-state index in [0.717, 1.165) is 32.1 Å². The molecule has 2 N–H and O–H groups in total. The summed E-state index contributed by atoms with van der Waals surface area (Å²) in [6.07, 6.45) is 5.06. The molecule has 1 fully saturated rings. The van der Waals surface area contributed by atoms with Crippen LogP contribution in [0, 0.1) is 5.41 Å². The zero-order valence-electron chi connectivity index (χ0n) is 15.3. The molecule has 0 radical (unpaired) electrons. The maximum absolute atomic E-state index is 12.4. The van der Waals surface area contributed by atoms with Gasteiger partial charge in [-0.05, 0) is 30.4 Å². The number of aromatic nitrogens is 1. The van der Waals surface area contributed by atoms with Gasteiger partial charge in [0.2, 0.25) is 5.91 Å². The fourth-order valence-electron chi connectivity index (χ4n) is 3.76. The van der Waals surface area contributed by atoms with Crippen molar-refractivity contribution in [3.05, 3.63) is 39.3 Å². The number of carbonyl (C=O) groups is 2. The van der Waals surface area contributed by atoms with Crippen molar-refractivity contribution in [2.75, 3.05) is 6.54 Å². The first-order valence-corrected chi connectivity index (χ1v) is 10.9. The summed E-state index contributed by atoms with van der Waals surface area (Å²) in [5.41, 5.74) is 0.979. The third kappa shape index (κ3) is 5.25. The van der Waals surface area contributed by atoms with Crippen molar-refractivity contribution in [2.45, 2.75) is 44.9 Å². The molecule has 150 valence electrons. The van der Waals surface area contributed by atoms with Crippen molar-refractivity contribution in [1.29, 1.82) is 0 Å². The summed E-state index contributed by atoms with van der Waals surface area (Å²) in [6.45, 7) is 0.394. The van der Waals surface area contributed by atoms with Crippen LogP contribution in [0.25, 0.3) is 10.6 Å². The van der Waals surface area contributed by atoms with Gasteiger partial charge in [-0.25, -0.2) is 4.98 Å². The molecule has 1 heterocycles. The number of hydrogen-bond donors (Lipinski definition) is 2. The van der Waals surface area contributed by atoms with Gasteiger partial charge in [0.1, 0.15) is 5.01 Å². The maximum Gasteiger partial charge on any atom is 0.303 e. The van der Waals surface area contributed by atoms with Crippen LogP contribution in [0.3, 0.4) is 0 Å². The standard InChI is InChI=1S/C20H22Cl2N2O3S/c21-14-5-4-6-15(22)18(14)19-24-13(11-28-19)9-16(25)23-12-20(10-17(26)27)7-2-1-3-8-20/h4-6,11H,1-3,7-10,12H2,(H,23,25)(H,26,27). The number of benzene rings is 1. The lowest BCUT2D eigenvalue weighted by Crippen LogP contribution is -2.41. The Labute approximate surface area is 178 Å². The zero-order chi connectivity index (χ0) is 20.1. The van der Waals surface area contributed by atoms with E-state index in [1.165, 1.54) is 11.3 Å². The molecule has 3 rings (SSSR count). The van der Waals surface area contributed by atoms with Gasteiger partial charge in [0.05, 0.1) is 28.6 Å². The minimum absolute atomic E-state index is 0.0964. The molecule has 1 aromatic heterocycles. The van der Waals surface area contributed by atoms with Crippen LogP contribution in [-0.2, 0) is 16.0 Å². The lowest BCUT2D eigenvalue weighted by Gasteiger charge is -2.36. The van der Waals surface area contributed by atoms with Crippen molar-refractivity contribution < 1.29 is 14.7 Å². The van der Waals surface area contributed by atoms with E-state index in [1.54, 1.807) is 18.2 Å². The van der Waals surface area contributed by atoms with Gasteiger partial charge in [-0.2, -0.15) is 0 Å². The Balaban J connectivity index is 1.62. The summed E-state index contributed by atoms with van der Waals surface area (Å²) >= 11 is 13.8. The minimum Gasteiger partial charge on any atom is -0.481 e. The topological polar surface area (TPSA) is 79.3 Å². The van der Waals surface area contributed by atoms with Gasteiger partial charge in [0.15, 0.2) is 0 Å². The highest BCUT2D eigenvalue weighted by molar-refractivity contribution is 7.13. The van der Waals surface area contributed by atoms with Gasteiger partial charge >= 0.3 is 5.97 Å². The third-order valence-corrected chi connectivity index (χ3v) is 6.71. The largest absolute Gasteiger partial charge is 0.481 e. The Morgan fingerprint density at radius 3 is 2.50 bits per heavy atom. The average molecular weight is 441 g/mol. The van der Waals surface area contributed by atoms with Gasteiger partial charge in [-0.3, -0.25) is 9.59 Å². The number of hydrogen-bond acceptors (Lipinski definition) is 4. The van der Waals surface area contributed by atoms with E-state index in [9.17, 15) is 14.7 Å². The third-order valence-electron chi connectivity index (χ3n) is 5.17. The van der Waals surface area contributed by atoms with Crippen LogP contribution in [0.15, 0.2) is 23.6 Å². The summed E-state index contributed by atoms with van der Waals surface area (Å²) in [7, 11) is 0. The molecule has 0 unspecified atom stereocenters. The normalized spacial score (nSPS) is 15.9. The summed E-state index contributed by atoms with van der Waals surface area (Å²) in [6, 6.07) is 5.28. The molecule has 0 atom stereocenters. The van der Waals surface area contributed by atoms with Crippen LogP contribution in [0.4, 0.5) is 0 Å². The number of amides is 1. The molecule has 28 heavy (non-hydrogen) atoms. The van der Waals surface area contributed by atoms with Crippen LogP contribution < -0.4 is 5.32 Å². The number of rotatable bonds is 7. The molecule has 1 saturated carbocycles. The Bertz CT molecular complexity index is 843. The number of nitrogens with one attached hydrogen (secondary N) is 1. The van der Waals surface area contributed by atoms with Crippen LogP contribution in [-0.4, -0.2) is 28.5 Å². The SMILES string of the molecule is O=C(O)CC1(CNC(=O)Cc2csc(-c3c(Cl)cccc3Cl)n2)CCCCC1. The van der Waals surface area contributed by atoms with E-state index in [0.29, 0.717) is 32.9 Å². The molecular formula is C20H22Cl2N2O3S. The predicted octanol–water partition coefficient (Wildman–Crippen LogP) is 5.20. The number of aliphatic carboxylic acids is 1. The fourth-order valence-corrected chi connectivity index (χ4v) is 5.34. The number of nitrogens with zero attached hydrogens (tertiary/aromatic N) is 1. The van der Waals surface area contributed by atoms with Crippen molar-refractivity contribution in [3.8, 4) is 10.6 Å². The smallest absolute Gasteiger partial charge is 0.303 e. The van der Waals surface area contributed by atoms with Crippen molar-refractivity contribution in [2.24, 2.45) is 5.41 Å². The van der Waals surface area contributed by atoms with Crippen LogP contribution in [0.1, 0.15) is 44.2 Å². The second-order valence-electron chi connectivity index (χ2n) is 7.33. The number of carboxylic acid groups (broad SMARTS) is 1. The van der Waals surface area contributed by atoms with Gasteiger partial charge in [-0.15, -0.1) is 11.3 Å². The Morgan fingerprint density at radius 2 is 1.86 bits per heavy atom. The first-order chi connectivity index (χ1) is 13.4. The van der Waals surface area contributed by atoms with E-state index >= 15 is 0 Å². The highest BCUT2D eigenvalue weighted by Gasteiger charge is 2.34. The van der Waals surface area contributed by atoms with Gasteiger partial charge in [0, 0.05) is 17.5 Å². The molecule has 0 aliphatic heterocycles. The van der Waals surface area contributed by atoms with E-state index in [1.807, 2.05) is 5.38 Å². The van der Waals surface area contributed by atoms with Gasteiger partial charge in [0.25, 0.3) is 0 Å². The van der Waals surface area contributed by atoms with Crippen molar-refractivity contribution in [1.82, 2.24) is 10.3 Å². The molecule has 0 bridgehead atoms. The second-order valence-corrected chi connectivity index (χ2v) is 9.00. The Kier molecular flexibility index (Phi) is 6.96. The molecule has 2 aromatic rings. The molecule has 0 spiro atoms. The predicted molar refractivity (Wildman–Crippen MR) is 112 cm³/mol. The van der Waals surface area contributed by atoms with Crippen LogP contribution in [0.2, 0.25) is 10.0 Å². The quantitative estimate of drug-likeness (QED) is 0.619. The molecule has 5 nitrogen and oxygen atoms in total. The summed E-state index contributed by atoms with van der Waals surface area (Å²) in [5, 5.41) is 15.7. The molecule has 0 saturated heterocycles. The van der Waals surface area contributed by atoms with Crippen LogP contribution in [0.5, 0.6) is 0 Å². The lowest BCUT2D eigenvalue weighted by molar-refractivity contribution is -0.140. The second kappa shape index (κ2) is 9.25. The molecule has 1 aromatic carbocycles. The number of thiazole rings is 1. The van der Waals surface area contributed by atoms with Crippen LogP contribution >= 0.6 is 34.5 Å². The van der Waals surface area contributed by atoms with E-state index in [2.05, 4.69) is 10.3 Å². The first-order valence-electron chi connectivity index (χ1n) is 9.26. The fraction of sp³-hybridized carbons (Fsp3) is 0.450. The summed E-state index contributed by atoms with van der Waals surface area (Å²) in [5.74, 6) is -0.964.